The molecule has 0 aliphatic carbocycles. The summed E-state index contributed by atoms with van der Waals surface area (Å²) >= 11 is 0. The molecule has 0 radical (unpaired) electrons. The lowest BCUT2D eigenvalue weighted by molar-refractivity contribution is -0.115. The maximum Gasteiger partial charge on any atom is 0.262 e. The predicted octanol–water partition coefficient (Wildman–Crippen LogP) is 3.96. The molecular formula is C21H18F2N2O4S. The number of sulfonamides is 1. The molecule has 0 saturated carbocycles. The third kappa shape index (κ3) is 5.32. The van der Waals surface area contributed by atoms with Gasteiger partial charge in [-0.3, -0.25) is 9.52 Å². The highest BCUT2D eigenvalue weighted by molar-refractivity contribution is 7.92. The van der Waals surface area contributed by atoms with Crippen molar-refractivity contribution in [2.45, 2.75) is 11.3 Å². The molecule has 0 aliphatic rings. The Labute approximate surface area is 172 Å². The van der Waals surface area contributed by atoms with Crippen LogP contribution in [0.15, 0.2) is 71.6 Å². The van der Waals surface area contributed by atoms with E-state index in [0.29, 0.717) is 11.3 Å². The summed E-state index contributed by atoms with van der Waals surface area (Å²) in [5.41, 5.74) is 1.06. The van der Waals surface area contributed by atoms with Gasteiger partial charge >= 0.3 is 0 Å². The number of amides is 1. The molecule has 2 N–H and O–H groups in total. The first-order valence-corrected chi connectivity index (χ1v) is 10.3. The van der Waals surface area contributed by atoms with E-state index in [1.807, 2.05) is 0 Å². The van der Waals surface area contributed by atoms with E-state index in [9.17, 15) is 22.0 Å². The fourth-order valence-corrected chi connectivity index (χ4v) is 3.74. The fourth-order valence-electron chi connectivity index (χ4n) is 2.68. The van der Waals surface area contributed by atoms with Crippen LogP contribution < -0.4 is 14.8 Å². The van der Waals surface area contributed by atoms with Crippen molar-refractivity contribution >= 4 is 27.3 Å². The van der Waals surface area contributed by atoms with Crippen LogP contribution in [-0.4, -0.2) is 21.4 Å². The first kappa shape index (κ1) is 21.3. The Balaban J connectivity index is 1.78. The van der Waals surface area contributed by atoms with Gasteiger partial charge in [-0.2, -0.15) is 0 Å². The molecule has 0 fully saturated rings. The lowest BCUT2D eigenvalue weighted by Crippen LogP contribution is -2.16. The first-order chi connectivity index (χ1) is 14.3. The number of rotatable bonds is 7. The molecule has 156 valence electrons. The highest BCUT2D eigenvalue weighted by Crippen LogP contribution is 2.30. The van der Waals surface area contributed by atoms with Gasteiger partial charge in [0.1, 0.15) is 17.4 Å². The summed E-state index contributed by atoms with van der Waals surface area (Å²) in [7, 11) is -2.63. The number of benzene rings is 3. The van der Waals surface area contributed by atoms with Gasteiger partial charge in [-0.15, -0.1) is 0 Å². The summed E-state index contributed by atoms with van der Waals surface area (Å²) in [6.45, 7) is 0. The molecule has 1 amide bonds. The third-order valence-corrected chi connectivity index (χ3v) is 5.51. The van der Waals surface area contributed by atoms with Gasteiger partial charge in [-0.1, -0.05) is 12.1 Å². The number of halogens is 2. The van der Waals surface area contributed by atoms with Gasteiger partial charge in [0.15, 0.2) is 0 Å². The van der Waals surface area contributed by atoms with E-state index in [1.54, 1.807) is 6.07 Å². The van der Waals surface area contributed by atoms with Crippen molar-refractivity contribution in [2.24, 2.45) is 0 Å². The molecule has 0 aliphatic heterocycles. The van der Waals surface area contributed by atoms with Crippen molar-refractivity contribution in [3.05, 3.63) is 83.9 Å². The largest absolute Gasteiger partial charge is 0.495 e. The second-order valence-corrected chi connectivity index (χ2v) is 8.01. The molecule has 0 saturated heterocycles. The molecule has 3 aromatic rings. The number of anilines is 2. The Morgan fingerprint density at radius 2 is 1.53 bits per heavy atom. The normalized spacial score (nSPS) is 11.0. The Bertz CT molecular complexity index is 1150. The van der Waals surface area contributed by atoms with E-state index in [1.165, 1.54) is 43.5 Å². The molecule has 30 heavy (non-hydrogen) atoms. The van der Waals surface area contributed by atoms with Crippen molar-refractivity contribution in [3.8, 4) is 5.75 Å². The Hall–Kier alpha value is -3.46. The lowest BCUT2D eigenvalue weighted by Gasteiger charge is -2.14. The van der Waals surface area contributed by atoms with Crippen LogP contribution in [0.2, 0.25) is 0 Å². The standard InChI is InChI=1S/C21H18F2N2O4S/c1-29-20-11-8-17(24-21(26)12-14-2-4-15(22)5-3-14)13-19(20)25-30(27,28)18-9-6-16(23)7-10-18/h2-11,13,25H,12H2,1H3,(H,24,26). The Morgan fingerprint density at radius 1 is 0.933 bits per heavy atom. The lowest BCUT2D eigenvalue weighted by atomic mass is 10.1. The van der Waals surface area contributed by atoms with Crippen LogP contribution in [0.1, 0.15) is 5.56 Å². The highest BCUT2D eigenvalue weighted by atomic mass is 32.2. The van der Waals surface area contributed by atoms with E-state index >= 15 is 0 Å². The number of carbonyl (C=O) groups is 1. The van der Waals surface area contributed by atoms with E-state index in [0.717, 1.165) is 24.3 Å². The minimum Gasteiger partial charge on any atom is -0.495 e. The summed E-state index contributed by atoms with van der Waals surface area (Å²) in [5.74, 6) is -1.08. The molecule has 9 heteroatoms. The second-order valence-electron chi connectivity index (χ2n) is 6.33. The summed E-state index contributed by atoms with van der Waals surface area (Å²) < 4.78 is 58.8. The zero-order valence-electron chi connectivity index (χ0n) is 15.9. The molecule has 0 bridgehead atoms. The van der Waals surface area contributed by atoms with Crippen LogP contribution in [0.25, 0.3) is 0 Å². The summed E-state index contributed by atoms with van der Waals surface area (Å²) in [6, 6.07) is 14.3. The number of nitrogens with one attached hydrogen (secondary N) is 2. The van der Waals surface area contributed by atoms with Gasteiger partial charge in [0.25, 0.3) is 10.0 Å². The number of hydrogen-bond acceptors (Lipinski definition) is 4. The van der Waals surface area contributed by atoms with Crippen molar-refractivity contribution in [1.82, 2.24) is 0 Å². The van der Waals surface area contributed by atoms with Crippen molar-refractivity contribution in [2.75, 3.05) is 17.1 Å². The van der Waals surface area contributed by atoms with Gasteiger partial charge in [0.05, 0.1) is 24.1 Å². The average molecular weight is 432 g/mol. The van der Waals surface area contributed by atoms with Crippen molar-refractivity contribution in [1.29, 1.82) is 0 Å². The molecule has 3 rings (SSSR count). The van der Waals surface area contributed by atoms with Gasteiger partial charge in [0, 0.05) is 5.69 Å². The quantitative estimate of drug-likeness (QED) is 0.592. The molecule has 0 aromatic heterocycles. The maximum atomic E-state index is 13.1. The summed E-state index contributed by atoms with van der Waals surface area (Å²) in [4.78, 5) is 12.1. The summed E-state index contributed by atoms with van der Waals surface area (Å²) in [5, 5.41) is 2.66. The average Bonchev–Trinajstić information content (AvgIpc) is 2.70. The number of hydrogen-bond donors (Lipinski definition) is 2. The van der Waals surface area contributed by atoms with E-state index in [-0.39, 0.29) is 28.7 Å². The van der Waals surface area contributed by atoms with Crippen LogP contribution >= 0.6 is 0 Å². The molecule has 0 unspecified atom stereocenters. The topological polar surface area (TPSA) is 84.5 Å². The van der Waals surface area contributed by atoms with E-state index in [4.69, 9.17) is 4.74 Å². The minimum atomic E-state index is -4.01. The second kappa shape index (κ2) is 8.91. The van der Waals surface area contributed by atoms with Crippen LogP contribution in [0.4, 0.5) is 20.2 Å². The number of carbonyl (C=O) groups excluding carboxylic acids is 1. The van der Waals surface area contributed by atoms with Gasteiger partial charge in [0.2, 0.25) is 5.91 Å². The third-order valence-electron chi connectivity index (χ3n) is 4.13. The first-order valence-electron chi connectivity index (χ1n) is 8.77. The molecule has 0 heterocycles. The van der Waals surface area contributed by atoms with Crippen molar-refractivity contribution in [3.63, 3.8) is 0 Å². The minimum absolute atomic E-state index is 0.0168. The van der Waals surface area contributed by atoms with Crippen LogP contribution in [0, 0.1) is 11.6 Å². The number of methoxy groups -OCH3 is 1. The SMILES string of the molecule is COc1ccc(NC(=O)Cc2ccc(F)cc2)cc1NS(=O)(=O)c1ccc(F)cc1. The maximum absolute atomic E-state index is 13.1. The Morgan fingerprint density at radius 3 is 2.13 bits per heavy atom. The smallest absolute Gasteiger partial charge is 0.262 e. The number of ether oxygens (including phenoxy) is 1. The van der Waals surface area contributed by atoms with Gasteiger partial charge in [-0.25, -0.2) is 17.2 Å². The van der Waals surface area contributed by atoms with Crippen molar-refractivity contribution < 1.29 is 26.7 Å². The van der Waals surface area contributed by atoms with E-state index in [2.05, 4.69) is 10.0 Å². The van der Waals surface area contributed by atoms with Gasteiger partial charge < -0.3 is 10.1 Å². The Kier molecular flexibility index (Phi) is 6.31. The monoisotopic (exact) mass is 432 g/mol. The van der Waals surface area contributed by atoms with Crippen LogP contribution in [0.5, 0.6) is 5.75 Å². The van der Waals surface area contributed by atoms with E-state index < -0.39 is 21.7 Å². The summed E-state index contributed by atoms with van der Waals surface area (Å²) in [6.07, 6.45) is 0.0168. The highest BCUT2D eigenvalue weighted by Gasteiger charge is 2.17. The molecule has 3 aromatic carbocycles. The van der Waals surface area contributed by atoms with Gasteiger partial charge in [-0.05, 0) is 60.2 Å². The van der Waals surface area contributed by atoms with Crippen LogP contribution in [0.3, 0.4) is 0 Å². The van der Waals surface area contributed by atoms with Crippen LogP contribution in [-0.2, 0) is 21.2 Å². The predicted molar refractivity (Wildman–Crippen MR) is 109 cm³/mol. The zero-order valence-corrected chi connectivity index (χ0v) is 16.7. The molecule has 6 nitrogen and oxygen atoms in total. The molecule has 0 spiro atoms. The molecular weight excluding hydrogens is 414 g/mol. The zero-order chi connectivity index (χ0) is 21.7. The molecule has 0 atom stereocenters. The fraction of sp³-hybridized carbons (Fsp3) is 0.0952.